The summed E-state index contributed by atoms with van der Waals surface area (Å²) >= 11 is 0. The Morgan fingerprint density at radius 3 is 2.27 bits per heavy atom. The van der Waals surface area contributed by atoms with Crippen molar-refractivity contribution in [3.8, 4) is 11.5 Å². The van der Waals surface area contributed by atoms with E-state index in [-0.39, 0.29) is 12.4 Å². The molecule has 0 bridgehead atoms. The quantitative estimate of drug-likeness (QED) is 0.695. The Kier molecular flexibility index (Phi) is 5.15. The Morgan fingerprint density at radius 1 is 0.923 bits per heavy atom. The minimum Gasteiger partial charge on any atom is -0.507 e. The van der Waals surface area contributed by atoms with Gasteiger partial charge in [-0.25, -0.2) is 8.42 Å². The second-order valence-corrected chi connectivity index (χ2v) is 8.33. The maximum absolute atomic E-state index is 12.4. The Bertz CT molecular complexity index is 999. The Balaban J connectivity index is 1.98. The van der Waals surface area contributed by atoms with Gasteiger partial charge >= 0.3 is 0 Å². The van der Waals surface area contributed by atoms with Crippen LogP contribution in [0.1, 0.15) is 10.8 Å². The van der Waals surface area contributed by atoms with Gasteiger partial charge in [0.25, 0.3) is 0 Å². The SMILES string of the molecule is CS(=O)(=O)C(c1cccc2c(O)cccc12)C(O)COc1ccccc1. The molecule has 0 aliphatic carbocycles. The first-order valence-corrected chi connectivity index (χ1v) is 10.1. The smallest absolute Gasteiger partial charge is 0.157 e. The van der Waals surface area contributed by atoms with E-state index in [1.54, 1.807) is 54.6 Å². The van der Waals surface area contributed by atoms with Gasteiger partial charge in [-0.1, -0.05) is 48.5 Å². The van der Waals surface area contributed by atoms with Gasteiger partial charge in [0.15, 0.2) is 9.84 Å². The molecule has 2 atom stereocenters. The number of aliphatic hydroxyl groups is 1. The Labute approximate surface area is 152 Å². The molecule has 0 radical (unpaired) electrons. The summed E-state index contributed by atoms with van der Waals surface area (Å²) < 4.78 is 30.4. The number of phenolic OH excluding ortho intramolecular Hbond substituents is 1. The number of ether oxygens (including phenoxy) is 1. The van der Waals surface area contributed by atoms with Crippen LogP contribution in [0.15, 0.2) is 66.7 Å². The molecule has 0 aliphatic heterocycles. The summed E-state index contributed by atoms with van der Waals surface area (Å²) in [6.45, 7) is -0.170. The molecule has 0 heterocycles. The summed E-state index contributed by atoms with van der Waals surface area (Å²) in [5.74, 6) is 0.612. The van der Waals surface area contributed by atoms with Crippen molar-refractivity contribution in [1.29, 1.82) is 0 Å². The molecule has 0 amide bonds. The molecule has 2 N–H and O–H groups in total. The number of benzene rings is 3. The number of hydrogen-bond donors (Lipinski definition) is 2. The van der Waals surface area contributed by atoms with Gasteiger partial charge in [0.1, 0.15) is 29.5 Å². The molecule has 6 heteroatoms. The summed E-state index contributed by atoms with van der Waals surface area (Å²) in [6.07, 6.45) is -0.177. The van der Waals surface area contributed by atoms with Crippen molar-refractivity contribution in [2.45, 2.75) is 11.4 Å². The average Bonchev–Trinajstić information content (AvgIpc) is 2.61. The molecule has 3 rings (SSSR count). The molecule has 0 fully saturated rings. The second-order valence-electron chi connectivity index (χ2n) is 6.16. The topological polar surface area (TPSA) is 83.8 Å². The first-order valence-electron chi connectivity index (χ1n) is 8.13. The van der Waals surface area contributed by atoms with Crippen LogP contribution in [-0.4, -0.2) is 37.6 Å². The number of aromatic hydroxyl groups is 1. The van der Waals surface area contributed by atoms with Crippen molar-refractivity contribution >= 4 is 20.6 Å². The largest absolute Gasteiger partial charge is 0.507 e. The lowest BCUT2D eigenvalue weighted by atomic mass is 9.99. The fraction of sp³-hybridized carbons (Fsp3) is 0.200. The normalized spacial score (nSPS) is 14.1. The lowest BCUT2D eigenvalue weighted by Gasteiger charge is -2.23. The van der Waals surface area contributed by atoms with Crippen LogP contribution in [0.3, 0.4) is 0 Å². The zero-order valence-corrected chi connectivity index (χ0v) is 15.1. The van der Waals surface area contributed by atoms with E-state index in [9.17, 15) is 18.6 Å². The fourth-order valence-corrected chi connectivity index (χ4v) is 4.39. The van der Waals surface area contributed by atoms with Gasteiger partial charge in [-0.05, 0) is 29.1 Å². The zero-order chi connectivity index (χ0) is 18.7. The average molecular weight is 372 g/mol. The minimum atomic E-state index is -3.64. The third-order valence-corrected chi connectivity index (χ3v) is 5.70. The van der Waals surface area contributed by atoms with Gasteiger partial charge < -0.3 is 14.9 Å². The standard InChI is InChI=1S/C20H20O5S/c1-26(23,24)20(19(22)13-25-14-7-3-2-4-8-14)17-11-5-10-16-15(17)9-6-12-18(16)21/h2-12,19-22H,13H2,1H3. The lowest BCUT2D eigenvalue weighted by Crippen LogP contribution is -2.31. The predicted octanol–water partition coefficient (Wildman–Crippen LogP) is 3.07. The molecule has 2 unspecified atom stereocenters. The fourth-order valence-electron chi connectivity index (χ4n) is 3.07. The van der Waals surface area contributed by atoms with Crippen LogP contribution in [-0.2, 0) is 9.84 Å². The van der Waals surface area contributed by atoms with Crippen molar-refractivity contribution in [1.82, 2.24) is 0 Å². The lowest BCUT2D eigenvalue weighted by molar-refractivity contribution is 0.103. The molecule has 0 aliphatic rings. The van der Waals surface area contributed by atoms with Crippen molar-refractivity contribution < 1.29 is 23.4 Å². The Hall–Kier alpha value is -2.57. The monoisotopic (exact) mass is 372 g/mol. The van der Waals surface area contributed by atoms with E-state index in [1.807, 2.05) is 6.07 Å². The van der Waals surface area contributed by atoms with E-state index in [1.165, 1.54) is 6.07 Å². The molecular formula is C20H20O5S. The minimum absolute atomic E-state index is 0.0617. The predicted molar refractivity (Wildman–Crippen MR) is 101 cm³/mol. The van der Waals surface area contributed by atoms with E-state index >= 15 is 0 Å². The number of fused-ring (bicyclic) bond motifs is 1. The van der Waals surface area contributed by atoms with Crippen molar-refractivity contribution in [3.63, 3.8) is 0 Å². The molecule has 5 nitrogen and oxygen atoms in total. The number of hydrogen-bond acceptors (Lipinski definition) is 5. The molecule has 136 valence electrons. The van der Waals surface area contributed by atoms with E-state index in [4.69, 9.17) is 4.74 Å². The maximum atomic E-state index is 12.4. The van der Waals surface area contributed by atoms with Gasteiger partial charge in [-0.2, -0.15) is 0 Å². The van der Waals surface area contributed by atoms with E-state index in [0.717, 1.165) is 6.26 Å². The summed E-state index contributed by atoms with van der Waals surface area (Å²) in [7, 11) is -3.64. The van der Waals surface area contributed by atoms with Crippen molar-refractivity contribution in [2.24, 2.45) is 0 Å². The molecule has 26 heavy (non-hydrogen) atoms. The zero-order valence-electron chi connectivity index (χ0n) is 14.2. The van der Waals surface area contributed by atoms with Gasteiger partial charge in [-0.3, -0.25) is 0 Å². The molecule has 0 saturated heterocycles. The van der Waals surface area contributed by atoms with Gasteiger partial charge in [-0.15, -0.1) is 0 Å². The maximum Gasteiger partial charge on any atom is 0.157 e. The summed E-state index contributed by atoms with van der Waals surface area (Å²) in [4.78, 5) is 0. The first kappa shape index (κ1) is 18.2. The van der Waals surface area contributed by atoms with E-state index in [2.05, 4.69) is 0 Å². The highest BCUT2D eigenvalue weighted by atomic mass is 32.2. The molecule has 0 aromatic heterocycles. The van der Waals surface area contributed by atoms with Gasteiger partial charge in [0.2, 0.25) is 0 Å². The summed E-state index contributed by atoms with van der Waals surface area (Å²) in [5.41, 5.74) is 0.435. The Morgan fingerprint density at radius 2 is 1.58 bits per heavy atom. The highest BCUT2D eigenvalue weighted by molar-refractivity contribution is 7.91. The van der Waals surface area contributed by atoms with Crippen LogP contribution in [0.25, 0.3) is 10.8 Å². The van der Waals surface area contributed by atoms with Crippen LogP contribution in [0, 0.1) is 0 Å². The van der Waals surface area contributed by atoms with Crippen molar-refractivity contribution in [2.75, 3.05) is 12.9 Å². The summed E-state index contributed by atoms with van der Waals surface area (Å²) in [6, 6.07) is 18.8. The van der Waals surface area contributed by atoms with Crippen LogP contribution in [0.2, 0.25) is 0 Å². The van der Waals surface area contributed by atoms with E-state index < -0.39 is 21.2 Å². The van der Waals surface area contributed by atoms with E-state index in [0.29, 0.717) is 22.1 Å². The number of rotatable bonds is 6. The third kappa shape index (κ3) is 3.81. The highest BCUT2D eigenvalue weighted by Gasteiger charge is 2.32. The number of phenols is 1. The van der Waals surface area contributed by atoms with Crippen LogP contribution in [0.5, 0.6) is 11.5 Å². The van der Waals surface area contributed by atoms with Crippen LogP contribution >= 0.6 is 0 Å². The van der Waals surface area contributed by atoms with Crippen LogP contribution in [0.4, 0.5) is 0 Å². The second kappa shape index (κ2) is 7.35. The van der Waals surface area contributed by atoms with Gasteiger partial charge in [0.05, 0.1) is 0 Å². The molecule has 3 aromatic rings. The third-order valence-electron chi connectivity index (χ3n) is 4.21. The first-order chi connectivity index (χ1) is 12.4. The number of para-hydroxylation sites is 1. The number of aliphatic hydroxyl groups excluding tert-OH is 1. The van der Waals surface area contributed by atoms with Crippen molar-refractivity contribution in [3.05, 3.63) is 72.3 Å². The number of sulfone groups is 1. The molecule has 0 saturated carbocycles. The summed E-state index contributed by atoms with van der Waals surface area (Å²) in [5, 5.41) is 20.6. The highest BCUT2D eigenvalue weighted by Crippen LogP contribution is 2.35. The van der Waals surface area contributed by atoms with Crippen LogP contribution < -0.4 is 4.74 Å². The van der Waals surface area contributed by atoms with Gasteiger partial charge in [0, 0.05) is 11.6 Å². The molecular weight excluding hydrogens is 352 g/mol. The molecule has 0 spiro atoms. The molecule has 3 aromatic carbocycles.